The number of aryl methyl sites for hydroxylation is 1. The molecule has 1 unspecified atom stereocenters. The lowest BCUT2D eigenvalue weighted by atomic mass is 10.0. The molecule has 146 valence electrons. The van der Waals surface area contributed by atoms with E-state index in [9.17, 15) is 14.4 Å². The number of hydrogen-bond acceptors (Lipinski definition) is 4. The molecular formula is C19H26N4O4. The Balaban J connectivity index is 1.46. The van der Waals surface area contributed by atoms with Crippen LogP contribution in [0.15, 0.2) is 18.3 Å². The Hall–Kier alpha value is -2.64. The molecule has 0 radical (unpaired) electrons. The largest absolute Gasteiger partial charge is 0.481 e. The highest BCUT2D eigenvalue weighted by molar-refractivity contribution is 5.86. The van der Waals surface area contributed by atoms with Crippen molar-refractivity contribution >= 4 is 17.9 Å². The number of nitrogens with one attached hydrogen (secondary N) is 1. The van der Waals surface area contributed by atoms with E-state index in [0.29, 0.717) is 32.5 Å². The van der Waals surface area contributed by atoms with E-state index in [1.807, 2.05) is 12.1 Å². The highest BCUT2D eigenvalue weighted by atomic mass is 16.4. The molecule has 8 heteroatoms. The second-order valence-electron chi connectivity index (χ2n) is 7.17. The van der Waals surface area contributed by atoms with Gasteiger partial charge in [0.2, 0.25) is 5.91 Å². The average molecular weight is 374 g/mol. The molecule has 2 N–H and O–H groups in total. The fraction of sp³-hybridized carbons (Fsp3) is 0.579. The number of hydrogen-bond donors (Lipinski definition) is 2. The zero-order chi connectivity index (χ0) is 19.4. The molecule has 0 bridgehead atoms. The van der Waals surface area contributed by atoms with Gasteiger partial charge in [-0.25, -0.2) is 4.79 Å². The van der Waals surface area contributed by atoms with Crippen LogP contribution in [-0.4, -0.2) is 63.5 Å². The van der Waals surface area contributed by atoms with E-state index in [4.69, 9.17) is 5.11 Å². The Morgan fingerprint density at radius 3 is 2.70 bits per heavy atom. The summed E-state index contributed by atoms with van der Waals surface area (Å²) in [4.78, 5) is 43.3. The summed E-state index contributed by atoms with van der Waals surface area (Å²) < 4.78 is 0. The number of nitrogens with zero attached hydrogens (tertiary/aromatic N) is 3. The molecule has 3 rings (SSSR count). The van der Waals surface area contributed by atoms with Crippen LogP contribution in [0.4, 0.5) is 4.79 Å². The van der Waals surface area contributed by atoms with Gasteiger partial charge in [0.05, 0.1) is 18.2 Å². The summed E-state index contributed by atoms with van der Waals surface area (Å²) >= 11 is 0. The molecule has 0 aliphatic carbocycles. The number of carbonyl (C=O) groups is 3. The van der Waals surface area contributed by atoms with Gasteiger partial charge in [0.15, 0.2) is 0 Å². The van der Waals surface area contributed by atoms with Crippen molar-refractivity contribution in [3.63, 3.8) is 0 Å². The molecular weight excluding hydrogens is 348 g/mol. The monoisotopic (exact) mass is 374 g/mol. The number of carboxylic acids is 1. The number of aliphatic carboxylic acids is 1. The fourth-order valence-electron chi connectivity index (χ4n) is 3.75. The number of rotatable bonds is 5. The second-order valence-corrected chi connectivity index (χ2v) is 7.17. The highest BCUT2D eigenvalue weighted by Crippen LogP contribution is 2.25. The number of piperidine rings is 1. The van der Waals surface area contributed by atoms with Crippen LogP contribution in [0.5, 0.6) is 0 Å². The Morgan fingerprint density at radius 2 is 2.07 bits per heavy atom. The summed E-state index contributed by atoms with van der Waals surface area (Å²) in [7, 11) is 0. The molecule has 1 aromatic heterocycles. The first-order valence-electron chi connectivity index (χ1n) is 9.46. The highest BCUT2D eigenvalue weighted by Gasteiger charge is 2.39. The predicted molar refractivity (Wildman–Crippen MR) is 97.9 cm³/mol. The van der Waals surface area contributed by atoms with Crippen molar-refractivity contribution in [1.29, 1.82) is 0 Å². The Morgan fingerprint density at radius 1 is 1.33 bits per heavy atom. The zero-order valence-electron chi connectivity index (χ0n) is 15.6. The van der Waals surface area contributed by atoms with Crippen molar-refractivity contribution < 1.29 is 19.5 Å². The van der Waals surface area contributed by atoms with E-state index in [1.54, 1.807) is 16.0 Å². The smallest absolute Gasteiger partial charge is 0.317 e. The van der Waals surface area contributed by atoms with Gasteiger partial charge in [-0.05, 0) is 37.0 Å². The predicted octanol–water partition coefficient (Wildman–Crippen LogP) is 1.25. The molecule has 8 nitrogen and oxygen atoms in total. The third kappa shape index (κ3) is 4.56. The van der Waals surface area contributed by atoms with Crippen LogP contribution in [0.2, 0.25) is 0 Å². The average Bonchev–Trinajstić information content (AvgIpc) is 3.08. The maximum absolute atomic E-state index is 12.4. The van der Waals surface area contributed by atoms with Gasteiger partial charge >= 0.3 is 12.0 Å². The van der Waals surface area contributed by atoms with Gasteiger partial charge in [-0.1, -0.05) is 6.92 Å². The van der Waals surface area contributed by atoms with Crippen molar-refractivity contribution in [3.05, 3.63) is 29.6 Å². The van der Waals surface area contributed by atoms with Crippen molar-refractivity contribution in [2.45, 2.75) is 45.2 Å². The van der Waals surface area contributed by atoms with Crippen molar-refractivity contribution in [3.8, 4) is 0 Å². The van der Waals surface area contributed by atoms with Crippen molar-refractivity contribution in [2.24, 2.45) is 5.92 Å². The molecule has 0 spiro atoms. The van der Waals surface area contributed by atoms with E-state index in [2.05, 4.69) is 17.2 Å². The first kappa shape index (κ1) is 19.1. The standard InChI is InChI=1S/C19H26N4O4/c1-2-13-3-6-20-15(9-13)11-21-19(27)22-7-4-16(5-8-22)23-12-14(18(25)26)10-17(23)24/h3,6,9,14,16H,2,4-5,7-8,10-12H2,1H3,(H,21,27)(H,25,26). The van der Waals surface area contributed by atoms with Gasteiger partial charge in [-0.2, -0.15) is 0 Å². The quantitative estimate of drug-likeness (QED) is 0.807. The van der Waals surface area contributed by atoms with E-state index in [0.717, 1.165) is 12.1 Å². The van der Waals surface area contributed by atoms with Gasteiger partial charge in [0, 0.05) is 38.3 Å². The molecule has 3 amide bonds. The third-order valence-corrected chi connectivity index (χ3v) is 5.41. The minimum atomic E-state index is -0.914. The van der Waals surface area contributed by atoms with Crippen LogP contribution < -0.4 is 5.32 Å². The van der Waals surface area contributed by atoms with Crippen LogP contribution in [0.25, 0.3) is 0 Å². The molecule has 3 heterocycles. The maximum Gasteiger partial charge on any atom is 0.317 e. The van der Waals surface area contributed by atoms with Crippen molar-refractivity contribution in [1.82, 2.24) is 20.1 Å². The number of aromatic nitrogens is 1. The number of urea groups is 1. The van der Waals surface area contributed by atoms with Gasteiger partial charge < -0.3 is 20.2 Å². The normalized spacial score (nSPS) is 20.8. The van der Waals surface area contributed by atoms with Crippen LogP contribution >= 0.6 is 0 Å². The maximum atomic E-state index is 12.4. The molecule has 2 fully saturated rings. The Bertz CT molecular complexity index is 715. The van der Waals surface area contributed by atoms with Gasteiger partial charge in [0.25, 0.3) is 0 Å². The second kappa shape index (κ2) is 8.37. The van der Waals surface area contributed by atoms with E-state index in [1.165, 1.54) is 5.56 Å². The number of pyridine rings is 1. The molecule has 2 aliphatic rings. The number of amides is 3. The summed E-state index contributed by atoms with van der Waals surface area (Å²) in [6, 6.07) is 3.84. The van der Waals surface area contributed by atoms with Gasteiger partial charge in [0.1, 0.15) is 0 Å². The van der Waals surface area contributed by atoms with Gasteiger partial charge in [-0.3, -0.25) is 14.6 Å². The summed E-state index contributed by atoms with van der Waals surface area (Å²) in [5, 5.41) is 12.0. The molecule has 2 saturated heterocycles. The SMILES string of the molecule is CCc1ccnc(CNC(=O)N2CCC(N3CC(C(=O)O)CC3=O)CC2)c1. The molecule has 2 aliphatic heterocycles. The zero-order valence-corrected chi connectivity index (χ0v) is 15.6. The van der Waals surface area contributed by atoms with Gasteiger partial charge in [-0.15, -0.1) is 0 Å². The Kier molecular flexibility index (Phi) is 5.93. The number of likely N-dealkylation sites (tertiary alicyclic amines) is 2. The molecule has 27 heavy (non-hydrogen) atoms. The van der Waals surface area contributed by atoms with E-state index >= 15 is 0 Å². The fourth-order valence-corrected chi connectivity index (χ4v) is 3.75. The first-order valence-corrected chi connectivity index (χ1v) is 9.46. The van der Waals surface area contributed by atoms with E-state index < -0.39 is 11.9 Å². The van der Waals surface area contributed by atoms with Crippen LogP contribution in [-0.2, 0) is 22.6 Å². The number of carbonyl (C=O) groups excluding carboxylic acids is 2. The summed E-state index contributed by atoms with van der Waals surface area (Å²) in [5.74, 6) is -1.61. The minimum Gasteiger partial charge on any atom is -0.481 e. The third-order valence-electron chi connectivity index (χ3n) is 5.41. The topological polar surface area (TPSA) is 103 Å². The van der Waals surface area contributed by atoms with E-state index in [-0.39, 0.29) is 30.9 Å². The molecule has 0 saturated carbocycles. The minimum absolute atomic E-state index is 0.0220. The van der Waals surface area contributed by atoms with Crippen LogP contribution in [0.3, 0.4) is 0 Å². The lowest BCUT2D eigenvalue weighted by Gasteiger charge is -2.36. The summed E-state index contributed by atoms with van der Waals surface area (Å²) in [6.07, 6.45) is 4.11. The lowest BCUT2D eigenvalue weighted by Crippen LogP contribution is -2.49. The molecule has 1 atom stereocenters. The van der Waals surface area contributed by atoms with Crippen molar-refractivity contribution in [2.75, 3.05) is 19.6 Å². The van der Waals surface area contributed by atoms with Crippen LogP contribution in [0, 0.1) is 5.92 Å². The summed E-state index contributed by atoms with van der Waals surface area (Å²) in [6.45, 7) is 3.86. The lowest BCUT2D eigenvalue weighted by molar-refractivity contribution is -0.141. The first-order chi connectivity index (χ1) is 13.0. The van der Waals surface area contributed by atoms with Crippen LogP contribution in [0.1, 0.15) is 37.4 Å². The summed E-state index contributed by atoms with van der Waals surface area (Å²) in [5.41, 5.74) is 2.02. The molecule has 1 aromatic rings. The number of carboxylic acid groups (broad SMARTS) is 1. The molecule has 0 aromatic carbocycles. The Labute approximate surface area is 158 Å².